The minimum atomic E-state index is 0.192. The Balaban J connectivity index is 1.63. The molecule has 0 saturated carbocycles. The highest BCUT2D eigenvalue weighted by molar-refractivity contribution is 5.13. The Bertz CT molecular complexity index is 569. The predicted octanol–water partition coefficient (Wildman–Crippen LogP) is 2.05. The van der Waals surface area contributed by atoms with Gasteiger partial charge in [-0.15, -0.1) is 0 Å². The molecule has 2 aromatic rings. The lowest BCUT2D eigenvalue weighted by atomic mass is 10.1. The van der Waals surface area contributed by atoms with E-state index in [1.807, 2.05) is 29.3 Å². The lowest BCUT2D eigenvalue weighted by Gasteiger charge is -2.36. The zero-order valence-electron chi connectivity index (χ0n) is 12.6. The minimum Gasteiger partial charge on any atom is -0.374 e. The van der Waals surface area contributed by atoms with Crippen LogP contribution in [-0.2, 0) is 11.3 Å². The monoisotopic (exact) mass is 286 g/mol. The Morgan fingerprint density at radius 2 is 2.33 bits per heavy atom. The van der Waals surface area contributed by atoms with E-state index in [0.29, 0.717) is 6.04 Å². The second-order valence-corrected chi connectivity index (χ2v) is 5.69. The van der Waals surface area contributed by atoms with E-state index >= 15 is 0 Å². The van der Waals surface area contributed by atoms with Gasteiger partial charge in [0, 0.05) is 37.7 Å². The number of ether oxygens (including phenoxy) is 1. The van der Waals surface area contributed by atoms with Crippen molar-refractivity contribution in [3.8, 4) is 0 Å². The lowest BCUT2D eigenvalue weighted by molar-refractivity contribution is -0.0497. The molecule has 3 heterocycles. The van der Waals surface area contributed by atoms with Gasteiger partial charge in [0.15, 0.2) is 0 Å². The van der Waals surface area contributed by atoms with E-state index in [9.17, 15) is 0 Å². The number of rotatable bonds is 4. The highest BCUT2D eigenvalue weighted by Gasteiger charge is 2.25. The van der Waals surface area contributed by atoms with E-state index in [1.54, 1.807) is 0 Å². The van der Waals surface area contributed by atoms with E-state index in [2.05, 4.69) is 41.1 Å². The van der Waals surface area contributed by atoms with Crippen molar-refractivity contribution in [1.82, 2.24) is 19.7 Å². The maximum Gasteiger partial charge on any atom is 0.0898 e. The molecule has 2 aromatic heterocycles. The molecule has 1 saturated heterocycles. The SMILES string of the molecule is Cc1cnn(C[C@@H]2CN([C@H](C)c3cccnc3)CCO2)c1. The average Bonchev–Trinajstić information content (AvgIpc) is 2.93. The summed E-state index contributed by atoms with van der Waals surface area (Å²) < 4.78 is 7.86. The number of aromatic nitrogens is 3. The van der Waals surface area contributed by atoms with Crippen LogP contribution in [0.1, 0.15) is 24.1 Å². The molecule has 1 aliphatic rings. The third-order valence-corrected chi connectivity index (χ3v) is 4.04. The fraction of sp³-hybridized carbons (Fsp3) is 0.500. The second-order valence-electron chi connectivity index (χ2n) is 5.69. The summed E-state index contributed by atoms with van der Waals surface area (Å²) in [6.45, 7) is 7.76. The molecule has 2 atom stereocenters. The molecular formula is C16H22N4O. The van der Waals surface area contributed by atoms with E-state index in [-0.39, 0.29) is 6.10 Å². The molecule has 3 rings (SSSR count). The number of hydrogen-bond donors (Lipinski definition) is 0. The molecule has 112 valence electrons. The summed E-state index contributed by atoms with van der Waals surface area (Å²) in [5.74, 6) is 0. The highest BCUT2D eigenvalue weighted by atomic mass is 16.5. The standard InChI is InChI=1S/C16H22N4O/c1-13-8-18-20(10-13)12-16-11-19(6-7-21-16)14(2)15-4-3-5-17-9-15/h3-5,8-10,14,16H,6-7,11-12H2,1-2H3/t14-,16+/m1/s1. The smallest absolute Gasteiger partial charge is 0.0898 e. The van der Waals surface area contributed by atoms with Crippen molar-refractivity contribution >= 4 is 0 Å². The van der Waals surface area contributed by atoms with Crippen LogP contribution < -0.4 is 0 Å². The van der Waals surface area contributed by atoms with Crippen molar-refractivity contribution in [2.24, 2.45) is 0 Å². The van der Waals surface area contributed by atoms with Crippen LogP contribution in [0.5, 0.6) is 0 Å². The molecule has 1 aliphatic heterocycles. The van der Waals surface area contributed by atoms with Crippen molar-refractivity contribution < 1.29 is 4.74 Å². The van der Waals surface area contributed by atoms with Gasteiger partial charge >= 0.3 is 0 Å². The summed E-state index contributed by atoms with van der Waals surface area (Å²) >= 11 is 0. The first-order valence-corrected chi connectivity index (χ1v) is 7.47. The zero-order valence-corrected chi connectivity index (χ0v) is 12.6. The Hall–Kier alpha value is -1.72. The highest BCUT2D eigenvalue weighted by Crippen LogP contribution is 2.22. The normalized spacial score (nSPS) is 21.3. The molecule has 5 heteroatoms. The molecular weight excluding hydrogens is 264 g/mol. The summed E-state index contributed by atoms with van der Waals surface area (Å²) in [6, 6.07) is 4.50. The van der Waals surface area contributed by atoms with Gasteiger partial charge < -0.3 is 4.74 Å². The number of morpholine rings is 1. The summed E-state index contributed by atoms with van der Waals surface area (Å²) in [5, 5.41) is 4.35. The molecule has 21 heavy (non-hydrogen) atoms. The number of pyridine rings is 1. The van der Waals surface area contributed by atoms with Crippen LogP contribution in [0.25, 0.3) is 0 Å². The topological polar surface area (TPSA) is 43.2 Å². The maximum absolute atomic E-state index is 5.89. The molecule has 0 N–H and O–H groups in total. The molecule has 0 aliphatic carbocycles. The van der Waals surface area contributed by atoms with Gasteiger partial charge in [-0.3, -0.25) is 14.6 Å². The summed E-state index contributed by atoms with van der Waals surface area (Å²) in [6.07, 6.45) is 7.91. The van der Waals surface area contributed by atoms with Crippen molar-refractivity contribution in [3.63, 3.8) is 0 Å². The fourth-order valence-electron chi connectivity index (χ4n) is 2.81. The third kappa shape index (κ3) is 3.49. The molecule has 1 fully saturated rings. The number of aryl methyl sites for hydroxylation is 1. The number of hydrogen-bond acceptors (Lipinski definition) is 4. The lowest BCUT2D eigenvalue weighted by Crippen LogP contribution is -2.45. The van der Waals surface area contributed by atoms with Crippen LogP contribution >= 0.6 is 0 Å². The van der Waals surface area contributed by atoms with Gasteiger partial charge in [-0.1, -0.05) is 6.07 Å². The van der Waals surface area contributed by atoms with Crippen LogP contribution in [0.4, 0.5) is 0 Å². The first-order valence-electron chi connectivity index (χ1n) is 7.47. The zero-order chi connectivity index (χ0) is 14.7. The van der Waals surface area contributed by atoms with Crippen LogP contribution in [0, 0.1) is 6.92 Å². The van der Waals surface area contributed by atoms with Crippen LogP contribution in [0.2, 0.25) is 0 Å². The second kappa shape index (κ2) is 6.37. The minimum absolute atomic E-state index is 0.192. The molecule has 0 radical (unpaired) electrons. The fourth-order valence-corrected chi connectivity index (χ4v) is 2.81. The van der Waals surface area contributed by atoms with Gasteiger partial charge in [0.25, 0.3) is 0 Å². The summed E-state index contributed by atoms with van der Waals surface area (Å²) in [4.78, 5) is 6.68. The van der Waals surface area contributed by atoms with Gasteiger partial charge in [0.05, 0.1) is 25.5 Å². The van der Waals surface area contributed by atoms with E-state index < -0.39 is 0 Å². The van der Waals surface area contributed by atoms with Crippen LogP contribution in [0.15, 0.2) is 36.9 Å². The molecule has 0 spiro atoms. The quantitative estimate of drug-likeness (QED) is 0.863. The average molecular weight is 286 g/mol. The van der Waals surface area contributed by atoms with Crippen LogP contribution in [-0.4, -0.2) is 45.5 Å². The molecule has 0 unspecified atom stereocenters. The number of nitrogens with zero attached hydrogens (tertiary/aromatic N) is 4. The molecule has 0 aromatic carbocycles. The Morgan fingerprint density at radius 3 is 3.05 bits per heavy atom. The van der Waals surface area contributed by atoms with Crippen molar-refractivity contribution in [2.45, 2.75) is 32.5 Å². The van der Waals surface area contributed by atoms with Gasteiger partial charge in [-0.25, -0.2) is 0 Å². The Kier molecular flexibility index (Phi) is 4.31. The van der Waals surface area contributed by atoms with E-state index in [1.165, 1.54) is 11.1 Å². The Morgan fingerprint density at radius 1 is 1.43 bits per heavy atom. The van der Waals surface area contributed by atoms with Crippen molar-refractivity contribution in [3.05, 3.63) is 48.0 Å². The molecule has 0 amide bonds. The largest absolute Gasteiger partial charge is 0.374 e. The molecule has 0 bridgehead atoms. The Labute approximate surface area is 125 Å². The van der Waals surface area contributed by atoms with Crippen molar-refractivity contribution in [1.29, 1.82) is 0 Å². The van der Waals surface area contributed by atoms with E-state index in [4.69, 9.17) is 4.74 Å². The molecule has 5 nitrogen and oxygen atoms in total. The first-order chi connectivity index (χ1) is 10.2. The summed E-state index contributed by atoms with van der Waals surface area (Å²) in [7, 11) is 0. The van der Waals surface area contributed by atoms with Gasteiger partial charge in [0.1, 0.15) is 0 Å². The van der Waals surface area contributed by atoms with Gasteiger partial charge in [-0.05, 0) is 31.0 Å². The first kappa shape index (κ1) is 14.2. The van der Waals surface area contributed by atoms with Gasteiger partial charge in [-0.2, -0.15) is 5.10 Å². The summed E-state index contributed by atoms with van der Waals surface area (Å²) in [5.41, 5.74) is 2.44. The van der Waals surface area contributed by atoms with Crippen molar-refractivity contribution in [2.75, 3.05) is 19.7 Å². The van der Waals surface area contributed by atoms with Gasteiger partial charge in [0.2, 0.25) is 0 Å². The third-order valence-electron chi connectivity index (χ3n) is 4.04. The maximum atomic E-state index is 5.89. The predicted molar refractivity (Wildman–Crippen MR) is 80.9 cm³/mol. The van der Waals surface area contributed by atoms with E-state index in [0.717, 1.165) is 26.2 Å². The van der Waals surface area contributed by atoms with Crippen LogP contribution in [0.3, 0.4) is 0 Å².